The van der Waals surface area contributed by atoms with Crippen molar-refractivity contribution in [2.24, 2.45) is 0 Å². The number of halogens is 1. The van der Waals surface area contributed by atoms with E-state index in [1.165, 1.54) is 0 Å². The lowest BCUT2D eigenvalue weighted by atomic mass is 9.89. The Morgan fingerprint density at radius 3 is 2.32 bits per heavy atom. The molecule has 2 rings (SSSR count). The molecular weight excluding hydrogens is 266 g/mol. The van der Waals surface area contributed by atoms with E-state index in [1.54, 1.807) is 27.4 Å². The normalized spacial score (nSPS) is 22.4. The number of hydrogen-bond donors (Lipinski definition) is 1. The second-order valence-corrected chi connectivity index (χ2v) is 5.24. The van der Waals surface area contributed by atoms with Crippen LogP contribution in [0.5, 0.6) is 17.2 Å². The predicted octanol–water partition coefficient (Wildman–Crippen LogP) is 2.96. The Bertz CT molecular complexity index is 470. The third-order valence-corrected chi connectivity index (χ3v) is 4.09. The van der Waals surface area contributed by atoms with Gasteiger partial charge in [0, 0.05) is 17.2 Å². The molecule has 0 spiro atoms. The van der Waals surface area contributed by atoms with E-state index in [9.17, 15) is 0 Å². The van der Waals surface area contributed by atoms with E-state index in [1.807, 2.05) is 0 Å². The zero-order chi connectivity index (χ0) is 14.0. The molecule has 1 aromatic rings. The maximum absolute atomic E-state index is 6.49. The van der Waals surface area contributed by atoms with Crippen LogP contribution in [0.3, 0.4) is 0 Å². The molecule has 106 valence electrons. The van der Waals surface area contributed by atoms with Gasteiger partial charge in [0.25, 0.3) is 0 Å². The van der Waals surface area contributed by atoms with E-state index in [4.69, 9.17) is 25.8 Å². The number of hydrogen-bond acceptors (Lipinski definition) is 4. The molecule has 0 bridgehead atoms. The third-order valence-electron chi connectivity index (χ3n) is 3.71. The molecule has 0 radical (unpaired) electrons. The van der Waals surface area contributed by atoms with Crippen LogP contribution in [0.2, 0.25) is 5.02 Å². The van der Waals surface area contributed by atoms with Gasteiger partial charge in [-0.05, 0) is 26.3 Å². The lowest BCUT2D eigenvalue weighted by Gasteiger charge is -2.29. The van der Waals surface area contributed by atoms with Gasteiger partial charge in [0.15, 0.2) is 11.5 Å². The van der Waals surface area contributed by atoms with E-state index >= 15 is 0 Å². The lowest BCUT2D eigenvalue weighted by molar-refractivity contribution is 0.328. The quantitative estimate of drug-likeness (QED) is 0.923. The highest BCUT2D eigenvalue weighted by Crippen LogP contribution is 2.49. The van der Waals surface area contributed by atoms with Crippen LogP contribution >= 0.6 is 11.6 Å². The average molecular weight is 286 g/mol. The molecule has 0 aliphatic carbocycles. The van der Waals surface area contributed by atoms with E-state index in [0.717, 1.165) is 24.9 Å². The molecule has 1 N–H and O–H groups in total. The highest BCUT2D eigenvalue weighted by molar-refractivity contribution is 6.33. The van der Waals surface area contributed by atoms with Crippen molar-refractivity contribution in [1.82, 2.24) is 5.32 Å². The number of methoxy groups -OCH3 is 3. The van der Waals surface area contributed by atoms with Crippen LogP contribution in [0.4, 0.5) is 0 Å². The van der Waals surface area contributed by atoms with E-state index < -0.39 is 0 Å². The predicted molar refractivity (Wildman–Crippen MR) is 75.7 cm³/mol. The molecule has 1 aliphatic heterocycles. The second-order valence-electron chi connectivity index (χ2n) is 4.87. The molecule has 1 fully saturated rings. The van der Waals surface area contributed by atoms with Crippen molar-refractivity contribution in [1.29, 1.82) is 0 Å². The first kappa shape index (κ1) is 14.3. The summed E-state index contributed by atoms with van der Waals surface area (Å²) in [5, 5.41) is 4.07. The summed E-state index contributed by atoms with van der Waals surface area (Å²) in [6.07, 6.45) is 2.11. The van der Waals surface area contributed by atoms with Gasteiger partial charge < -0.3 is 19.5 Å². The fourth-order valence-electron chi connectivity index (χ4n) is 2.70. The first-order valence-electron chi connectivity index (χ1n) is 6.31. The Kier molecular flexibility index (Phi) is 4.11. The van der Waals surface area contributed by atoms with E-state index in [0.29, 0.717) is 22.3 Å². The van der Waals surface area contributed by atoms with Gasteiger partial charge in [0.2, 0.25) is 0 Å². The van der Waals surface area contributed by atoms with E-state index in [2.05, 4.69) is 12.2 Å². The van der Waals surface area contributed by atoms with Crippen molar-refractivity contribution >= 4 is 11.6 Å². The molecule has 0 aromatic heterocycles. The molecule has 1 unspecified atom stereocenters. The first-order valence-corrected chi connectivity index (χ1v) is 6.69. The Labute approximate surface area is 119 Å². The van der Waals surface area contributed by atoms with E-state index in [-0.39, 0.29) is 5.54 Å². The Morgan fingerprint density at radius 2 is 1.84 bits per heavy atom. The Balaban J connectivity index is 2.68. The minimum absolute atomic E-state index is 0.218. The van der Waals surface area contributed by atoms with Gasteiger partial charge >= 0.3 is 0 Å². The summed E-state index contributed by atoms with van der Waals surface area (Å²) >= 11 is 6.49. The van der Waals surface area contributed by atoms with Gasteiger partial charge in [-0.2, -0.15) is 0 Å². The third kappa shape index (κ3) is 2.35. The maximum Gasteiger partial charge on any atom is 0.167 e. The number of rotatable bonds is 4. The minimum Gasteiger partial charge on any atom is -0.495 e. The van der Waals surface area contributed by atoms with Crippen molar-refractivity contribution in [2.75, 3.05) is 27.9 Å². The van der Waals surface area contributed by atoms with Crippen molar-refractivity contribution in [2.45, 2.75) is 25.3 Å². The van der Waals surface area contributed by atoms with Gasteiger partial charge in [-0.3, -0.25) is 0 Å². The molecule has 5 heteroatoms. The van der Waals surface area contributed by atoms with Crippen molar-refractivity contribution in [3.63, 3.8) is 0 Å². The summed E-state index contributed by atoms with van der Waals surface area (Å²) in [5.41, 5.74) is 0.690. The van der Waals surface area contributed by atoms with Crippen LogP contribution in [0.25, 0.3) is 0 Å². The Hall–Kier alpha value is -1.13. The second kappa shape index (κ2) is 5.47. The van der Waals surface area contributed by atoms with Crippen molar-refractivity contribution in [3.05, 3.63) is 16.7 Å². The zero-order valence-electron chi connectivity index (χ0n) is 11.8. The standard InChI is InChI=1S/C14H20ClNO3/c1-14(6-5-7-16-14)11-12(15)9(17-2)8-10(18-3)13(11)19-4/h8,16H,5-7H2,1-4H3. The summed E-state index contributed by atoms with van der Waals surface area (Å²) < 4.78 is 16.2. The van der Waals surface area contributed by atoms with Crippen LogP contribution in [0.15, 0.2) is 6.07 Å². The molecule has 0 saturated carbocycles. The summed E-state index contributed by atoms with van der Waals surface area (Å²) in [5.74, 6) is 1.91. The van der Waals surface area contributed by atoms with Gasteiger partial charge in [-0.1, -0.05) is 11.6 Å². The monoisotopic (exact) mass is 285 g/mol. The summed E-state index contributed by atoms with van der Waals surface area (Å²) in [6, 6.07) is 1.75. The fraction of sp³-hybridized carbons (Fsp3) is 0.571. The van der Waals surface area contributed by atoms with Crippen molar-refractivity contribution < 1.29 is 14.2 Å². The van der Waals surface area contributed by atoms with Crippen LogP contribution < -0.4 is 19.5 Å². The van der Waals surface area contributed by atoms with Gasteiger partial charge in [-0.25, -0.2) is 0 Å². The van der Waals surface area contributed by atoms with Crippen LogP contribution in [-0.4, -0.2) is 27.9 Å². The molecular formula is C14H20ClNO3. The highest BCUT2D eigenvalue weighted by atomic mass is 35.5. The highest BCUT2D eigenvalue weighted by Gasteiger charge is 2.37. The molecule has 0 amide bonds. The number of nitrogens with one attached hydrogen (secondary N) is 1. The van der Waals surface area contributed by atoms with Crippen LogP contribution in [0.1, 0.15) is 25.3 Å². The summed E-state index contributed by atoms with van der Waals surface area (Å²) in [4.78, 5) is 0. The summed E-state index contributed by atoms with van der Waals surface area (Å²) in [7, 11) is 4.84. The largest absolute Gasteiger partial charge is 0.495 e. The first-order chi connectivity index (χ1) is 9.07. The zero-order valence-corrected chi connectivity index (χ0v) is 12.6. The fourth-order valence-corrected chi connectivity index (χ4v) is 3.12. The van der Waals surface area contributed by atoms with Gasteiger partial charge in [0.1, 0.15) is 5.75 Å². The molecule has 1 saturated heterocycles. The topological polar surface area (TPSA) is 39.7 Å². The number of benzene rings is 1. The SMILES string of the molecule is COc1cc(OC)c(OC)c(C2(C)CCCN2)c1Cl. The Morgan fingerprint density at radius 1 is 1.16 bits per heavy atom. The molecule has 19 heavy (non-hydrogen) atoms. The van der Waals surface area contributed by atoms with Crippen molar-refractivity contribution in [3.8, 4) is 17.2 Å². The van der Waals surface area contributed by atoms with Crippen LogP contribution in [-0.2, 0) is 5.54 Å². The smallest absolute Gasteiger partial charge is 0.167 e. The summed E-state index contributed by atoms with van der Waals surface area (Å²) in [6.45, 7) is 3.10. The molecule has 1 heterocycles. The average Bonchev–Trinajstić information content (AvgIpc) is 2.85. The van der Waals surface area contributed by atoms with Gasteiger partial charge in [0.05, 0.1) is 26.4 Å². The number of ether oxygens (including phenoxy) is 3. The lowest BCUT2D eigenvalue weighted by Crippen LogP contribution is -2.34. The minimum atomic E-state index is -0.218. The molecule has 1 atom stereocenters. The maximum atomic E-state index is 6.49. The molecule has 4 nitrogen and oxygen atoms in total. The molecule has 1 aliphatic rings. The van der Waals surface area contributed by atoms with Crippen LogP contribution in [0, 0.1) is 0 Å². The van der Waals surface area contributed by atoms with Gasteiger partial charge in [-0.15, -0.1) is 0 Å². The molecule has 1 aromatic carbocycles.